The first-order valence-electron chi connectivity index (χ1n) is 5.84. The van der Waals surface area contributed by atoms with Gasteiger partial charge in [0.15, 0.2) is 0 Å². The minimum Gasteiger partial charge on any atom is -0.373 e. The smallest absolute Gasteiger partial charge is 0.135 e. The molecule has 1 aromatic heterocycles. The van der Waals surface area contributed by atoms with Gasteiger partial charge in [-0.15, -0.1) is 11.8 Å². The molecule has 16 heavy (non-hydrogen) atoms. The maximum atomic E-state index is 4.69. The van der Waals surface area contributed by atoms with E-state index >= 15 is 0 Å². The maximum Gasteiger partial charge on any atom is 0.135 e. The van der Waals surface area contributed by atoms with Crippen LogP contribution in [0.3, 0.4) is 0 Å². The van der Waals surface area contributed by atoms with Crippen molar-refractivity contribution >= 4 is 17.6 Å². The summed E-state index contributed by atoms with van der Waals surface area (Å²) in [5, 5.41) is 4.86. The lowest BCUT2D eigenvalue weighted by atomic mass is 10.3. The molecule has 1 aliphatic rings. The van der Waals surface area contributed by atoms with Crippen LogP contribution in [0.4, 0.5) is 5.82 Å². The molecule has 2 rings (SSSR count). The van der Waals surface area contributed by atoms with Gasteiger partial charge in [-0.2, -0.15) is 0 Å². The van der Waals surface area contributed by atoms with E-state index in [9.17, 15) is 0 Å². The Kier molecular flexibility index (Phi) is 3.38. The van der Waals surface area contributed by atoms with Crippen molar-refractivity contribution in [3.63, 3.8) is 0 Å². The van der Waals surface area contributed by atoms with Crippen LogP contribution in [-0.4, -0.2) is 22.3 Å². The fourth-order valence-corrected chi connectivity index (χ4v) is 2.48. The molecule has 4 heteroatoms. The first-order valence-corrected chi connectivity index (χ1v) is 6.72. The van der Waals surface area contributed by atoms with Crippen molar-refractivity contribution in [2.24, 2.45) is 0 Å². The van der Waals surface area contributed by atoms with Crippen molar-refractivity contribution < 1.29 is 0 Å². The van der Waals surface area contributed by atoms with E-state index in [0.717, 1.165) is 16.7 Å². The molecule has 0 radical (unpaired) electrons. The molecule has 1 aromatic rings. The van der Waals surface area contributed by atoms with Gasteiger partial charge in [-0.1, -0.05) is 13.8 Å². The molecule has 88 valence electrons. The largest absolute Gasteiger partial charge is 0.373 e. The van der Waals surface area contributed by atoms with Crippen LogP contribution in [0.5, 0.6) is 0 Å². The van der Waals surface area contributed by atoms with Gasteiger partial charge in [0.25, 0.3) is 0 Å². The van der Waals surface area contributed by atoms with E-state index in [2.05, 4.69) is 31.1 Å². The highest BCUT2D eigenvalue weighted by molar-refractivity contribution is 7.99. The second kappa shape index (κ2) is 4.62. The summed E-state index contributed by atoms with van der Waals surface area (Å²) in [5.41, 5.74) is 1.17. The fraction of sp³-hybridized carbons (Fsp3) is 0.667. The number of aromatic nitrogens is 2. The van der Waals surface area contributed by atoms with E-state index < -0.39 is 0 Å². The monoisotopic (exact) mass is 237 g/mol. The third-order valence-corrected chi connectivity index (χ3v) is 3.74. The van der Waals surface area contributed by atoms with Crippen molar-refractivity contribution in [2.45, 2.75) is 49.8 Å². The highest BCUT2D eigenvalue weighted by Crippen LogP contribution is 2.40. The summed E-state index contributed by atoms with van der Waals surface area (Å²) in [6, 6.07) is 0. The lowest BCUT2D eigenvalue weighted by Gasteiger charge is -2.12. The van der Waals surface area contributed by atoms with Crippen molar-refractivity contribution in [3.05, 3.63) is 11.4 Å². The molecule has 0 spiro atoms. The predicted molar refractivity (Wildman–Crippen MR) is 69.3 cm³/mol. The number of hydrogen-bond donors (Lipinski definition) is 1. The molecule has 0 unspecified atom stereocenters. The number of rotatable bonds is 4. The van der Waals surface area contributed by atoms with Gasteiger partial charge in [0.1, 0.15) is 16.7 Å². The normalized spacial score (nSPS) is 15.6. The van der Waals surface area contributed by atoms with Crippen LogP contribution in [0.1, 0.15) is 44.0 Å². The molecule has 0 atom stereocenters. The lowest BCUT2D eigenvalue weighted by Crippen LogP contribution is -2.05. The lowest BCUT2D eigenvalue weighted by molar-refractivity contribution is 0.862. The van der Waals surface area contributed by atoms with Gasteiger partial charge in [-0.05, 0) is 19.8 Å². The van der Waals surface area contributed by atoms with Gasteiger partial charge < -0.3 is 5.32 Å². The Morgan fingerprint density at radius 1 is 1.31 bits per heavy atom. The van der Waals surface area contributed by atoms with Crippen molar-refractivity contribution in [2.75, 3.05) is 12.4 Å². The van der Waals surface area contributed by atoms with Crippen LogP contribution in [-0.2, 0) is 0 Å². The van der Waals surface area contributed by atoms with Crippen LogP contribution >= 0.6 is 11.8 Å². The minimum atomic E-state index is 0.561. The van der Waals surface area contributed by atoms with Crippen LogP contribution in [0.2, 0.25) is 0 Å². The maximum absolute atomic E-state index is 4.69. The SMILES string of the molecule is CNc1nc(C2CC2)nc(SC(C)C)c1C. The number of anilines is 1. The Balaban J connectivity index is 2.36. The standard InChI is InChI=1S/C12H19N3S/c1-7(2)16-12-8(3)10(13-4)14-11(15-12)9-5-6-9/h7,9H,5-6H2,1-4H3,(H,13,14,15). The van der Waals surface area contributed by atoms with E-state index in [1.165, 1.54) is 18.4 Å². The minimum absolute atomic E-state index is 0.561. The Morgan fingerprint density at radius 3 is 2.50 bits per heavy atom. The summed E-state index contributed by atoms with van der Waals surface area (Å²) in [6.45, 7) is 6.48. The van der Waals surface area contributed by atoms with Gasteiger partial charge in [0.2, 0.25) is 0 Å². The number of hydrogen-bond acceptors (Lipinski definition) is 4. The van der Waals surface area contributed by atoms with Gasteiger partial charge in [0, 0.05) is 23.8 Å². The molecule has 1 aliphatic carbocycles. The highest BCUT2D eigenvalue weighted by atomic mass is 32.2. The molecule has 0 saturated heterocycles. The number of thioether (sulfide) groups is 1. The van der Waals surface area contributed by atoms with Crippen LogP contribution in [0.25, 0.3) is 0 Å². The third kappa shape index (κ3) is 2.48. The number of nitrogens with one attached hydrogen (secondary N) is 1. The van der Waals surface area contributed by atoms with Crippen LogP contribution in [0, 0.1) is 6.92 Å². The van der Waals surface area contributed by atoms with Crippen molar-refractivity contribution in [1.29, 1.82) is 0 Å². The van der Waals surface area contributed by atoms with E-state index in [1.54, 1.807) is 0 Å². The topological polar surface area (TPSA) is 37.8 Å². The van der Waals surface area contributed by atoms with E-state index in [1.807, 2.05) is 18.8 Å². The fourth-order valence-electron chi connectivity index (χ4n) is 1.62. The zero-order chi connectivity index (χ0) is 11.7. The second-order valence-corrected chi connectivity index (χ2v) is 6.12. The van der Waals surface area contributed by atoms with E-state index in [-0.39, 0.29) is 0 Å². The summed E-state index contributed by atoms with van der Waals surface area (Å²) in [7, 11) is 1.93. The van der Waals surface area contributed by atoms with Gasteiger partial charge in [0.05, 0.1) is 0 Å². The van der Waals surface area contributed by atoms with Crippen LogP contribution < -0.4 is 5.32 Å². The summed E-state index contributed by atoms with van der Waals surface area (Å²) in [6.07, 6.45) is 2.50. The molecule has 0 aromatic carbocycles. The molecule has 0 aliphatic heterocycles. The van der Waals surface area contributed by atoms with Gasteiger partial charge in [-0.25, -0.2) is 9.97 Å². The molecule has 3 nitrogen and oxygen atoms in total. The van der Waals surface area contributed by atoms with Gasteiger partial charge >= 0.3 is 0 Å². The molecular formula is C12H19N3S. The highest BCUT2D eigenvalue weighted by Gasteiger charge is 2.28. The summed E-state index contributed by atoms with van der Waals surface area (Å²) < 4.78 is 0. The first kappa shape index (κ1) is 11.7. The molecule has 1 saturated carbocycles. The average molecular weight is 237 g/mol. The van der Waals surface area contributed by atoms with Gasteiger partial charge in [-0.3, -0.25) is 0 Å². The number of nitrogens with zero attached hydrogens (tertiary/aromatic N) is 2. The molecule has 1 fully saturated rings. The Bertz CT molecular complexity index is 386. The zero-order valence-electron chi connectivity index (χ0n) is 10.4. The molecule has 1 N–H and O–H groups in total. The third-order valence-electron chi connectivity index (χ3n) is 2.65. The quantitative estimate of drug-likeness (QED) is 0.644. The summed E-state index contributed by atoms with van der Waals surface area (Å²) >= 11 is 1.82. The zero-order valence-corrected chi connectivity index (χ0v) is 11.2. The predicted octanol–water partition coefficient (Wildman–Crippen LogP) is 3.20. The van der Waals surface area contributed by atoms with Crippen molar-refractivity contribution in [1.82, 2.24) is 9.97 Å². The van der Waals surface area contributed by atoms with Crippen LogP contribution in [0.15, 0.2) is 5.03 Å². The van der Waals surface area contributed by atoms with Crippen molar-refractivity contribution in [3.8, 4) is 0 Å². The molecular weight excluding hydrogens is 218 g/mol. The molecule has 1 heterocycles. The average Bonchev–Trinajstić information content (AvgIpc) is 3.04. The molecule has 0 amide bonds. The van der Waals surface area contributed by atoms with E-state index in [0.29, 0.717) is 11.2 Å². The first-order chi connectivity index (χ1) is 7.61. The summed E-state index contributed by atoms with van der Waals surface area (Å²) in [4.78, 5) is 9.28. The molecule has 0 bridgehead atoms. The summed E-state index contributed by atoms with van der Waals surface area (Å²) in [5.74, 6) is 2.62. The Hall–Kier alpha value is -0.770. The Labute approximate surface area is 101 Å². The Morgan fingerprint density at radius 2 is 2.00 bits per heavy atom. The van der Waals surface area contributed by atoms with E-state index in [4.69, 9.17) is 4.98 Å². The second-order valence-electron chi connectivity index (χ2n) is 4.55.